The Morgan fingerprint density at radius 2 is 1.79 bits per heavy atom. The quantitative estimate of drug-likeness (QED) is 0.653. The maximum absolute atomic E-state index is 11.5. The molecule has 1 aromatic carbocycles. The van der Waals surface area contributed by atoms with E-state index in [4.69, 9.17) is 5.73 Å². The third-order valence-corrected chi connectivity index (χ3v) is 2.67. The minimum absolute atomic E-state index is 0.00668. The van der Waals surface area contributed by atoms with Crippen molar-refractivity contribution in [2.24, 2.45) is 5.73 Å². The van der Waals surface area contributed by atoms with Crippen LogP contribution in [-0.2, 0) is 16.0 Å². The first-order valence-electron chi connectivity index (χ1n) is 6.41. The van der Waals surface area contributed by atoms with Gasteiger partial charge >= 0.3 is 0 Å². The summed E-state index contributed by atoms with van der Waals surface area (Å²) in [5.41, 5.74) is 7.57. The van der Waals surface area contributed by atoms with Gasteiger partial charge in [0.25, 0.3) is 0 Å². The first kappa shape index (κ1) is 15.2. The van der Waals surface area contributed by atoms with Gasteiger partial charge in [0.15, 0.2) is 0 Å². The number of carbonyl (C=O) groups excluding carboxylic acids is 2. The lowest BCUT2D eigenvalue weighted by atomic mass is 10.1. The van der Waals surface area contributed by atoms with Crippen LogP contribution in [0.25, 0.3) is 0 Å². The van der Waals surface area contributed by atoms with E-state index >= 15 is 0 Å². The Hall–Kier alpha value is -1.88. The van der Waals surface area contributed by atoms with E-state index in [1.54, 1.807) is 0 Å². The molecule has 0 atom stereocenters. The second kappa shape index (κ2) is 8.26. The molecule has 104 valence electrons. The molecular weight excluding hydrogens is 242 g/mol. The summed E-state index contributed by atoms with van der Waals surface area (Å²) in [4.78, 5) is 22.8. The van der Waals surface area contributed by atoms with E-state index in [1.807, 2.05) is 31.2 Å². The van der Waals surface area contributed by atoms with E-state index in [-0.39, 0.29) is 18.4 Å². The number of rotatable bonds is 7. The monoisotopic (exact) mass is 263 g/mol. The zero-order valence-electron chi connectivity index (χ0n) is 11.2. The van der Waals surface area contributed by atoms with Crippen molar-refractivity contribution in [3.8, 4) is 0 Å². The van der Waals surface area contributed by atoms with Crippen LogP contribution in [0.2, 0.25) is 0 Å². The second-order valence-electron chi connectivity index (χ2n) is 4.40. The van der Waals surface area contributed by atoms with Crippen LogP contribution in [0, 0.1) is 6.92 Å². The summed E-state index contributed by atoms with van der Waals surface area (Å²) in [6, 6.07) is 8.06. The molecule has 19 heavy (non-hydrogen) atoms. The molecule has 0 aliphatic carbocycles. The maximum Gasteiger partial charge on any atom is 0.239 e. The Morgan fingerprint density at radius 1 is 1.11 bits per heavy atom. The molecular formula is C14H21N3O2. The Bertz CT molecular complexity index is 415. The van der Waals surface area contributed by atoms with Gasteiger partial charge in [0.05, 0.1) is 6.54 Å². The predicted molar refractivity (Wildman–Crippen MR) is 74.6 cm³/mol. The van der Waals surface area contributed by atoms with Crippen molar-refractivity contribution in [2.45, 2.75) is 19.8 Å². The molecule has 0 spiro atoms. The highest BCUT2D eigenvalue weighted by Crippen LogP contribution is 2.05. The van der Waals surface area contributed by atoms with Crippen LogP contribution in [0.15, 0.2) is 24.3 Å². The average molecular weight is 263 g/mol. The van der Waals surface area contributed by atoms with E-state index in [9.17, 15) is 9.59 Å². The van der Waals surface area contributed by atoms with Crippen molar-refractivity contribution >= 4 is 11.8 Å². The van der Waals surface area contributed by atoms with Gasteiger partial charge in [0.2, 0.25) is 11.8 Å². The lowest BCUT2D eigenvalue weighted by Gasteiger charge is -2.06. The van der Waals surface area contributed by atoms with E-state index < -0.39 is 0 Å². The number of carbonyl (C=O) groups is 2. The van der Waals surface area contributed by atoms with Crippen LogP contribution in [0.1, 0.15) is 17.5 Å². The zero-order chi connectivity index (χ0) is 14.1. The number of hydrogen-bond donors (Lipinski definition) is 3. The highest BCUT2D eigenvalue weighted by molar-refractivity contribution is 5.84. The molecule has 0 bridgehead atoms. The summed E-state index contributed by atoms with van der Waals surface area (Å²) in [6.45, 7) is 2.86. The molecule has 0 aliphatic heterocycles. The van der Waals surface area contributed by atoms with Crippen molar-refractivity contribution in [2.75, 3.05) is 19.6 Å². The Kier molecular flexibility index (Phi) is 6.60. The zero-order valence-corrected chi connectivity index (χ0v) is 11.2. The normalized spacial score (nSPS) is 10.0. The SMILES string of the molecule is Cc1ccc(CCC(=O)NCC(=O)NCCN)cc1. The summed E-state index contributed by atoms with van der Waals surface area (Å²) < 4.78 is 0. The Morgan fingerprint density at radius 3 is 2.42 bits per heavy atom. The van der Waals surface area contributed by atoms with Gasteiger partial charge in [0, 0.05) is 19.5 Å². The molecule has 0 fully saturated rings. The number of nitrogens with one attached hydrogen (secondary N) is 2. The molecule has 0 radical (unpaired) electrons. The first-order valence-corrected chi connectivity index (χ1v) is 6.41. The van der Waals surface area contributed by atoms with E-state index in [1.165, 1.54) is 5.56 Å². The number of aryl methyl sites for hydroxylation is 2. The summed E-state index contributed by atoms with van der Waals surface area (Å²) in [7, 11) is 0. The van der Waals surface area contributed by atoms with Gasteiger partial charge < -0.3 is 16.4 Å². The van der Waals surface area contributed by atoms with Crippen LogP contribution in [0.4, 0.5) is 0 Å². The molecule has 0 aromatic heterocycles. The average Bonchev–Trinajstić information content (AvgIpc) is 2.42. The summed E-state index contributed by atoms with van der Waals surface area (Å²) in [5.74, 6) is -0.336. The Balaban J connectivity index is 2.21. The number of nitrogens with two attached hydrogens (primary N) is 1. The molecule has 5 nitrogen and oxygen atoms in total. The highest BCUT2D eigenvalue weighted by atomic mass is 16.2. The lowest BCUT2D eigenvalue weighted by molar-refractivity contribution is -0.126. The van der Waals surface area contributed by atoms with E-state index in [0.29, 0.717) is 25.9 Å². The minimum Gasteiger partial charge on any atom is -0.353 e. The van der Waals surface area contributed by atoms with Crippen LogP contribution in [0.5, 0.6) is 0 Å². The van der Waals surface area contributed by atoms with Gasteiger partial charge in [-0.2, -0.15) is 0 Å². The maximum atomic E-state index is 11.5. The molecule has 1 rings (SSSR count). The fraction of sp³-hybridized carbons (Fsp3) is 0.429. The van der Waals surface area contributed by atoms with Gasteiger partial charge in [-0.3, -0.25) is 9.59 Å². The van der Waals surface area contributed by atoms with E-state index in [0.717, 1.165) is 5.56 Å². The minimum atomic E-state index is -0.214. The molecule has 0 heterocycles. The molecule has 1 aromatic rings. The van der Waals surface area contributed by atoms with Crippen LogP contribution in [0.3, 0.4) is 0 Å². The van der Waals surface area contributed by atoms with Crippen molar-refractivity contribution in [1.29, 1.82) is 0 Å². The van der Waals surface area contributed by atoms with Crippen LogP contribution >= 0.6 is 0 Å². The molecule has 0 saturated heterocycles. The molecule has 0 aliphatic rings. The fourth-order valence-corrected chi connectivity index (χ4v) is 1.55. The predicted octanol–water partition coefficient (Wildman–Crippen LogP) is 0.119. The number of amides is 2. The summed E-state index contributed by atoms with van der Waals surface area (Å²) in [6.07, 6.45) is 1.06. The van der Waals surface area contributed by atoms with Gasteiger partial charge in [-0.05, 0) is 18.9 Å². The van der Waals surface area contributed by atoms with Crippen LogP contribution in [-0.4, -0.2) is 31.4 Å². The topological polar surface area (TPSA) is 84.2 Å². The number of hydrogen-bond acceptors (Lipinski definition) is 3. The third kappa shape index (κ3) is 6.57. The largest absolute Gasteiger partial charge is 0.353 e. The molecule has 0 saturated carbocycles. The third-order valence-electron chi connectivity index (χ3n) is 2.67. The standard InChI is InChI=1S/C14H21N3O2/c1-11-2-4-12(5-3-11)6-7-13(18)17-10-14(19)16-9-8-15/h2-5H,6-10,15H2,1H3,(H,16,19)(H,17,18). The van der Waals surface area contributed by atoms with E-state index in [2.05, 4.69) is 10.6 Å². The van der Waals surface area contributed by atoms with Crippen molar-refractivity contribution < 1.29 is 9.59 Å². The first-order chi connectivity index (χ1) is 9.11. The fourth-order valence-electron chi connectivity index (χ4n) is 1.55. The van der Waals surface area contributed by atoms with Gasteiger partial charge in [-0.15, -0.1) is 0 Å². The molecule has 0 unspecified atom stereocenters. The summed E-state index contributed by atoms with van der Waals surface area (Å²) in [5, 5.41) is 5.17. The van der Waals surface area contributed by atoms with Crippen molar-refractivity contribution in [3.05, 3.63) is 35.4 Å². The van der Waals surface area contributed by atoms with Gasteiger partial charge in [-0.25, -0.2) is 0 Å². The summed E-state index contributed by atoms with van der Waals surface area (Å²) >= 11 is 0. The molecule has 4 N–H and O–H groups in total. The van der Waals surface area contributed by atoms with Gasteiger partial charge in [-0.1, -0.05) is 29.8 Å². The highest BCUT2D eigenvalue weighted by Gasteiger charge is 2.05. The Labute approximate surface area is 113 Å². The smallest absolute Gasteiger partial charge is 0.239 e. The van der Waals surface area contributed by atoms with Crippen molar-refractivity contribution in [1.82, 2.24) is 10.6 Å². The second-order valence-corrected chi connectivity index (χ2v) is 4.40. The van der Waals surface area contributed by atoms with Gasteiger partial charge in [0.1, 0.15) is 0 Å². The van der Waals surface area contributed by atoms with Crippen molar-refractivity contribution in [3.63, 3.8) is 0 Å². The number of benzene rings is 1. The van der Waals surface area contributed by atoms with Crippen LogP contribution < -0.4 is 16.4 Å². The molecule has 2 amide bonds. The molecule has 5 heteroatoms. The lowest BCUT2D eigenvalue weighted by Crippen LogP contribution is -2.38.